The fourth-order valence-corrected chi connectivity index (χ4v) is 18.7. The van der Waals surface area contributed by atoms with Gasteiger partial charge in [0.05, 0.1) is 123 Å². The Morgan fingerprint density at radius 1 is 0.400 bits per heavy atom. The Morgan fingerprint density at radius 2 is 0.792 bits per heavy atom. The number of rotatable bonds is 77. The number of unbranched alkanes of at least 4 members (excludes halogenated alkanes) is 13. The maximum absolute atomic E-state index is 14.2. The number of Topliss-reactive ketones (excluding diaryl/α,β-unsaturated/α-hetero) is 3. The predicted molar refractivity (Wildman–Crippen MR) is 483 cm³/mol. The third kappa shape index (κ3) is 51.4. The van der Waals surface area contributed by atoms with Crippen molar-refractivity contribution < 1.29 is 184 Å². The number of ketones is 3. The van der Waals surface area contributed by atoms with E-state index in [1.807, 2.05) is 0 Å². The Kier molecular flexibility index (Phi) is 67.0. The quantitative estimate of drug-likeness (QED) is 0.0120. The van der Waals surface area contributed by atoms with E-state index in [4.69, 9.17) is 56.8 Å². The summed E-state index contributed by atoms with van der Waals surface area (Å²) < 4.78 is 68.3. The van der Waals surface area contributed by atoms with Crippen molar-refractivity contribution in [2.75, 3.05) is 132 Å². The number of nitrogens with zero attached hydrogens (tertiary/aromatic N) is 1. The van der Waals surface area contributed by atoms with Crippen molar-refractivity contribution in [2.45, 2.75) is 376 Å². The van der Waals surface area contributed by atoms with Gasteiger partial charge in [0.2, 0.25) is 17.7 Å². The van der Waals surface area contributed by atoms with Gasteiger partial charge in [-0.3, -0.25) is 38.4 Å². The summed E-state index contributed by atoms with van der Waals surface area (Å²) >= 11 is 0. The number of hydrogen-bond acceptors (Lipinski definition) is 33. The molecule has 4 heterocycles. The first-order valence-corrected chi connectivity index (χ1v) is 50.2. The van der Waals surface area contributed by atoms with E-state index in [0.29, 0.717) is 180 Å². The molecule has 0 bridgehead atoms. The number of ether oxygens (including phenoxy) is 12. The van der Waals surface area contributed by atoms with Gasteiger partial charge in [-0.05, 0) is 141 Å². The number of amides is 4. The van der Waals surface area contributed by atoms with Crippen LogP contribution in [0.2, 0.25) is 0 Å². The largest absolute Gasteiger partial charge is 0.466 e. The van der Waals surface area contributed by atoms with Crippen molar-refractivity contribution in [3.05, 3.63) is 0 Å². The van der Waals surface area contributed by atoms with Crippen molar-refractivity contribution in [1.29, 1.82) is 0 Å². The molecule has 4 rings (SSSR count). The normalized spacial score (nSPS) is 24.5. The molecule has 17 atom stereocenters. The summed E-state index contributed by atoms with van der Waals surface area (Å²) in [5.41, 5.74) is -0.680. The average molecular weight is 1980 g/mol. The number of carbonyl (C=O) groups is 9. The third-order valence-corrected chi connectivity index (χ3v) is 27.8. The van der Waals surface area contributed by atoms with Gasteiger partial charge in [-0.1, -0.05) is 100 Å². The summed E-state index contributed by atoms with van der Waals surface area (Å²) in [4.78, 5) is 119. The Bertz CT molecular complexity index is 2850. The zero-order chi connectivity index (χ0) is 94.6. The Morgan fingerprint density at radius 3 is 1.25 bits per heavy atom. The summed E-state index contributed by atoms with van der Waals surface area (Å²) in [6, 6.07) is -0.233. The Labute approximate surface area is 804 Å². The molecule has 0 aromatic carbocycles. The number of alkyl carbamates (subject to hydrolysis) is 1. The molecule has 1 radical (unpaired) electrons. The minimum absolute atomic E-state index is 0. The van der Waals surface area contributed by atoms with Crippen molar-refractivity contribution >= 4 is 74.7 Å². The summed E-state index contributed by atoms with van der Waals surface area (Å²) in [5, 5.41) is 108. The Balaban J connectivity index is 0.0000436. The molecule has 4 amide bonds. The van der Waals surface area contributed by atoms with Crippen molar-refractivity contribution in [1.82, 2.24) is 20.9 Å². The van der Waals surface area contributed by atoms with Crippen LogP contribution in [-0.4, -0.2) is 331 Å². The zero-order valence-corrected chi connectivity index (χ0v) is 83.2. The van der Waals surface area contributed by atoms with E-state index in [9.17, 15) is 94.2 Å². The summed E-state index contributed by atoms with van der Waals surface area (Å²) in [6.45, 7) is 11.6. The average Bonchev–Trinajstić information content (AvgIpc) is 1.17. The van der Waals surface area contributed by atoms with Crippen LogP contribution < -0.4 is 16.0 Å². The maximum Gasteiger partial charge on any atom is 0.407 e. The van der Waals surface area contributed by atoms with Crippen LogP contribution in [0.1, 0.15) is 285 Å². The van der Waals surface area contributed by atoms with Crippen molar-refractivity contribution in [2.24, 2.45) is 23.2 Å². The number of hydrogen-bond donors (Lipinski definition) is 13. The molecule has 0 aliphatic carbocycles. The van der Waals surface area contributed by atoms with E-state index in [0.717, 1.165) is 77.0 Å². The molecule has 4 aliphatic rings. The molecule has 0 saturated carbocycles. The van der Waals surface area contributed by atoms with Gasteiger partial charge in [-0.25, -0.2) is 4.79 Å². The van der Waals surface area contributed by atoms with Crippen LogP contribution in [0.3, 0.4) is 0 Å². The molecule has 35 nitrogen and oxygen atoms in total. The first kappa shape index (κ1) is 121. The van der Waals surface area contributed by atoms with Gasteiger partial charge in [0.1, 0.15) is 54.0 Å². The molecule has 0 aromatic heterocycles. The van der Waals surface area contributed by atoms with Crippen LogP contribution in [0.5, 0.6) is 0 Å². The zero-order valence-electron chi connectivity index (χ0n) is 78.7. The molecule has 4 fully saturated rings. The van der Waals surface area contributed by atoms with Crippen LogP contribution in [0.4, 0.5) is 4.79 Å². The topological polar surface area (TPSA) is 506 Å². The number of aliphatic hydroxyl groups is 10. The van der Waals surface area contributed by atoms with Gasteiger partial charge in [0.15, 0.2) is 18.9 Å². The molecule has 0 spiro atoms. The number of nitrogens with one attached hydrogen (secondary N) is 3. The second kappa shape index (κ2) is 72.0. The Hall–Kier alpha value is -3.33. The molecular formula is C92H164N4O31S2Y. The standard InChI is InChI=1S/C92H164N4O31S2.Y/c1-65-81(109)84(112)73(62-98)125-87(65)121-47-24-32-69(101)30-16-10-7-15-23-46-95-90(115)124-52-29-42-92(40-27-50-119-79(107)36-17-11-8-13-21-44-93-76(104)33-25-48-122-88-66(2)82(110)85(113)74(63-99)126-88,41-28-51-120-80(108)37-18-12-9-14-22-45-94-77(105)34-26-49-123-89-67(3)83(111)86(114)75(64-100)127-89)59-71(103)39-53-117-54-55-118-56-57-128-129-91(4,5)43-38-70(102)31-19-20-35-78(106)96-60-72(116-6)58-68(96)61-97;/h65-68,72-75,81-89,97-100,109-114H,7-64H2,1-6H3,(H,93,104)(H,94,105)(H,95,115);/t65?,66?,67?,68-,72+,73?,74?,75?,81?,82?,83?,84?,85?,86?,87?,88?,89?,92?;/m1./s1. The summed E-state index contributed by atoms with van der Waals surface area (Å²) in [5.74, 6) is -1.62. The van der Waals surface area contributed by atoms with Crippen LogP contribution >= 0.6 is 21.6 Å². The first-order chi connectivity index (χ1) is 62.0. The minimum Gasteiger partial charge on any atom is -0.466 e. The smallest absolute Gasteiger partial charge is 0.407 e. The second-order valence-electron chi connectivity index (χ2n) is 35.8. The molecule has 38 heteroatoms. The number of aliphatic hydroxyl groups excluding tert-OH is 10. The van der Waals surface area contributed by atoms with E-state index >= 15 is 0 Å². The molecule has 130 heavy (non-hydrogen) atoms. The number of carbonyl (C=O) groups excluding carboxylic acids is 9. The van der Waals surface area contributed by atoms with Crippen molar-refractivity contribution in [3.8, 4) is 0 Å². The first-order valence-electron chi connectivity index (χ1n) is 47.9. The molecule has 0 aromatic rings. The van der Waals surface area contributed by atoms with E-state index < -0.39 is 123 Å². The van der Waals surface area contributed by atoms with Gasteiger partial charge < -0.3 is 129 Å². The summed E-state index contributed by atoms with van der Waals surface area (Å²) in [6.07, 6.45) is 8.05. The monoisotopic (exact) mass is 1970 g/mol. The fraction of sp³-hybridized carbons (Fsp3) is 0.902. The van der Waals surface area contributed by atoms with Crippen LogP contribution in [0.25, 0.3) is 0 Å². The van der Waals surface area contributed by atoms with Gasteiger partial charge in [-0.15, -0.1) is 0 Å². The second-order valence-corrected chi connectivity index (χ2v) is 38.9. The van der Waals surface area contributed by atoms with Crippen LogP contribution in [-0.2, 0) is 128 Å². The van der Waals surface area contributed by atoms with E-state index in [1.165, 1.54) is 0 Å². The fourth-order valence-electron chi connectivity index (χ4n) is 16.2. The predicted octanol–water partition coefficient (Wildman–Crippen LogP) is 7.62. The molecule has 753 valence electrons. The van der Waals surface area contributed by atoms with Gasteiger partial charge in [-0.2, -0.15) is 0 Å². The molecule has 4 saturated heterocycles. The molecule has 15 unspecified atom stereocenters. The van der Waals surface area contributed by atoms with Crippen molar-refractivity contribution in [3.63, 3.8) is 0 Å². The minimum atomic E-state index is -1.23. The number of likely N-dealkylation sites (tertiary alicyclic amines) is 1. The van der Waals surface area contributed by atoms with E-state index in [-0.39, 0.29) is 195 Å². The number of esters is 2. The molecular weight excluding hydrogens is 1810 g/mol. The molecule has 4 aliphatic heterocycles. The van der Waals surface area contributed by atoms with E-state index in [1.54, 1.807) is 54.4 Å². The van der Waals surface area contributed by atoms with E-state index in [2.05, 4.69) is 29.8 Å². The SMILES string of the molecule is CO[C@H]1C[C@H](CO)N(C(=O)CCCCC(=O)CCC(C)(C)SSCCOCCOCCC(=O)CC(CCCOC(=O)CCCCCCCNC(=O)CCCOC2OC(CO)C(O)C(O)C2C)(CCCOC(=O)CCCCCCCNC(=O)CCCOC2OC(CO)C(O)C(O)C2C)CCCOC(=O)NCCCCCCCC(=O)CCCOC2OC(CO)C(O)C(O)C2C)C1.[Y]. The van der Waals surface area contributed by atoms with Gasteiger partial charge >= 0.3 is 18.0 Å². The maximum atomic E-state index is 14.2. The third-order valence-electron chi connectivity index (χ3n) is 24.5. The van der Waals surface area contributed by atoms with Crippen LogP contribution in [0, 0.1) is 23.2 Å². The van der Waals surface area contributed by atoms with Crippen LogP contribution in [0.15, 0.2) is 0 Å². The number of methoxy groups -OCH3 is 1. The summed E-state index contributed by atoms with van der Waals surface area (Å²) in [7, 11) is 4.98. The van der Waals surface area contributed by atoms with Gasteiger partial charge in [0, 0.05) is 165 Å². The molecule has 13 N–H and O–H groups in total. The van der Waals surface area contributed by atoms with Gasteiger partial charge in [0.25, 0.3) is 0 Å².